The fourth-order valence-corrected chi connectivity index (χ4v) is 2.50. The van der Waals surface area contributed by atoms with Gasteiger partial charge in [0, 0.05) is 30.9 Å². The van der Waals surface area contributed by atoms with Crippen molar-refractivity contribution in [2.45, 2.75) is 51.7 Å². The van der Waals surface area contributed by atoms with Gasteiger partial charge in [-0.2, -0.15) is 0 Å². The van der Waals surface area contributed by atoms with Crippen molar-refractivity contribution < 1.29 is 4.74 Å². The van der Waals surface area contributed by atoms with Crippen LogP contribution in [0.3, 0.4) is 0 Å². The predicted molar refractivity (Wildman–Crippen MR) is 82.0 cm³/mol. The van der Waals surface area contributed by atoms with Crippen LogP contribution in [0.2, 0.25) is 0 Å². The molecule has 4 nitrogen and oxygen atoms in total. The van der Waals surface area contributed by atoms with Crippen LogP contribution in [-0.4, -0.2) is 42.2 Å². The molecule has 1 aromatic heterocycles. The first-order valence-corrected chi connectivity index (χ1v) is 7.66. The standard InChI is InChI=1S/C16H27N3O/c1-13(2)18-11-14-10-16(7-8-17-14)20-12-15-6-4-5-9-19(15)3/h7-8,10,13,15,18H,4-6,9,11-12H2,1-3H3. The summed E-state index contributed by atoms with van der Waals surface area (Å²) in [5, 5.41) is 3.38. The van der Waals surface area contributed by atoms with Crippen LogP contribution in [0.25, 0.3) is 0 Å². The number of nitrogens with zero attached hydrogens (tertiary/aromatic N) is 2. The number of ether oxygens (including phenoxy) is 1. The monoisotopic (exact) mass is 277 g/mol. The van der Waals surface area contributed by atoms with E-state index in [-0.39, 0.29) is 0 Å². The van der Waals surface area contributed by atoms with Crippen LogP contribution in [0.15, 0.2) is 18.3 Å². The second-order valence-corrected chi connectivity index (χ2v) is 5.96. The normalized spacial score (nSPS) is 20.3. The molecule has 1 atom stereocenters. The maximum atomic E-state index is 5.95. The average Bonchev–Trinajstić information content (AvgIpc) is 2.45. The van der Waals surface area contributed by atoms with E-state index in [0.29, 0.717) is 12.1 Å². The van der Waals surface area contributed by atoms with Crippen molar-refractivity contribution >= 4 is 0 Å². The van der Waals surface area contributed by atoms with E-state index in [2.05, 4.69) is 36.1 Å². The van der Waals surface area contributed by atoms with Crippen LogP contribution >= 0.6 is 0 Å². The summed E-state index contributed by atoms with van der Waals surface area (Å²) < 4.78 is 5.95. The maximum absolute atomic E-state index is 5.95. The molecule has 20 heavy (non-hydrogen) atoms. The molecule has 0 spiro atoms. The first-order valence-electron chi connectivity index (χ1n) is 7.66. The molecular formula is C16H27N3O. The molecule has 1 aromatic rings. The molecule has 1 unspecified atom stereocenters. The highest BCUT2D eigenvalue weighted by Crippen LogP contribution is 2.17. The van der Waals surface area contributed by atoms with E-state index in [9.17, 15) is 0 Å². The minimum atomic E-state index is 0.470. The van der Waals surface area contributed by atoms with Gasteiger partial charge in [0.15, 0.2) is 0 Å². The molecule has 1 saturated heterocycles. The Morgan fingerprint density at radius 3 is 3.05 bits per heavy atom. The summed E-state index contributed by atoms with van der Waals surface area (Å²) in [6.07, 6.45) is 5.70. The van der Waals surface area contributed by atoms with Gasteiger partial charge < -0.3 is 15.0 Å². The van der Waals surface area contributed by atoms with Gasteiger partial charge in [-0.3, -0.25) is 4.98 Å². The average molecular weight is 277 g/mol. The first kappa shape index (κ1) is 15.3. The van der Waals surface area contributed by atoms with E-state index in [1.54, 1.807) is 0 Å². The lowest BCUT2D eigenvalue weighted by atomic mass is 10.0. The van der Waals surface area contributed by atoms with E-state index in [4.69, 9.17) is 4.74 Å². The molecule has 2 heterocycles. The fourth-order valence-electron chi connectivity index (χ4n) is 2.50. The Morgan fingerprint density at radius 1 is 1.45 bits per heavy atom. The first-order chi connectivity index (χ1) is 9.65. The quantitative estimate of drug-likeness (QED) is 0.866. The molecule has 2 rings (SSSR count). The van der Waals surface area contributed by atoms with E-state index in [0.717, 1.165) is 24.6 Å². The lowest BCUT2D eigenvalue weighted by molar-refractivity contribution is 0.125. The van der Waals surface area contributed by atoms with Gasteiger partial charge in [0.2, 0.25) is 0 Å². The van der Waals surface area contributed by atoms with Crippen molar-refractivity contribution in [1.29, 1.82) is 0 Å². The smallest absolute Gasteiger partial charge is 0.122 e. The van der Waals surface area contributed by atoms with Crippen LogP contribution in [0.1, 0.15) is 38.8 Å². The van der Waals surface area contributed by atoms with Crippen LogP contribution in [0.4, 0.5) is 0 Å². The minimum absolute atomic E-state index is 0.470. The van der Waals surface area contributed by atoms with Gasteiger partial charge in [-0.15, -0.1) is 0 Å². The molecule has 0 saturated carbocycles. The Morgan fingerprint density at radius 2 is 2.30 bits per heavy atom. The van der Waals surface area contributed by atoms with E-state index < -0.39 is 0 Å². The van der Waals surface area contributed by atoms with Gasteiger partial charge in [-0.1, -0.05) is 20.3 Å². The highest BCUT2D eigenvalue weighted by molar-refractivity contribution is 5.22. The fraction of sp³-hybridized carbons (Fsp3) is 0.688. The summed E-state index contributed by atoms with van der Waals surface area (Å²) in [6, 6.07) is 5.01. The number of hydrogen-bond acceptors (Lipinski definition) is 4. The largest absolute Gasteiger partial charge is 0.492 e. The molecule has 0 amide bonds. The number of rotatable bonds is 6. The molecule has 0 aliphatic carbocycles. The third kappa shape index (κ3) is 4.76. The van der Waals surface area contributed by atoms with Gasteiger partial charge >= 0.3 is 0 Å². The van der Waals surface area contributed by atoms with E-state index >= 15 is 0 Å². The van der Waals surface area contributed by atoms with Crippen molar-refractivity contribution in [1.82, 2.24) is 15.2 Å². The highest BCUT2D eigenvalue weighted by Gasteiger charge is 2.19. The number of pyridine rings is 1. The zero-order valence-corrected chi connectivity index (χ0v) is 12.9. The van der Waals surface area contributed by atoms with Gasteiger partial charge in [-0.05, 0) is 32.5 Å². The highest BCUT2D eigenvalue weighted by atomic mass is 16.5. The summed E-state index contributed by atoms with van der Waals surface area (Å²) in [5.41, 5.74) is 1.04. The van der Waals surface area contributed by atoms with Gasteiger partial charge in [-0.25, -0.2) is 0 Å². The Labute approximate surface area is 122 Å². The Bertz CT molecular complexity index is 408. The third-order valence-electron chi connectivity index (χ3n) is 3.84. The van der Waals surface area contributed by atoms with Crippen molar-refractivity contribution in [3.8, 4) is 5.75 Å². The molecule has 0 bridgehead atoms. The number of hydrogen-bond donors (Lipinski definition) is 1. The van der Waals surface area contributed by atoms with E-state index in [1.165, 1.54) is 25.8 Å². The zero-order valence-electron chi connectivity index (χ0n) is 12.9. The van der Waals surface area contributed by atoms with Crippen LogP contribution in [-0.2, 0) is 6.54 Å². The number of nitrogens with one attached hydrogen (secondary N) is 1. The van der Waals surface area contributed by atoms with Crippen LogP contribution in [0.5, 0.6) is 5.75 Å². The number of aromatic nitrogens is 1. The summed E-state index contributed by atoms with van der Waals surface area (Å²) >= 11 is 0. The molecule has 0 aromatic carbocycles. The second kappa shape index (κ2) is 7.60. The van der Waals surface area contributed by atoms with Crippen molar-refractivity contribution in [2.75, 3.05) is 20.2 Å². The van der Waals surface area contributed by atoms with E-state index in [1.807, 2.05) is 18.3 Å². The summed E-state index contributed by atoms with van der Waals surface area (Å²) in [4.78, 5) is 6.78. The second-order valence-electron chi connectivity index (χ2n) is 5.96. The Balaban J connectivity index is 1.84. The summed E-state index contributed by atoms with van der Waals surface area (Å²) in [7, 11) is 2.19. The molecule has 1 aliphatic rings. The summed E-state index contributed by atoms with van der Waals surface area (Å²) in [5.74, 6) is 0.930. The molecular weight excluding hydrogens is 250 g/mol. The molecule has 1 fully saturated rings. The minimum Gasteiger partial charge on any atom is -0.492 e. The molecule has 1 N–H and O–H groups in total. The lowest BCUT2D eigenvalue weighted by Crippen LogP contribution is -2.40. The molecule has 1 aliphatic heterocycles. The van der Waals surface area contributed by atoms with Crippen LogP contribution < -0.4 is 10.1 Å². The predicted octanol–water partition coefficient (Wildman–Crippen LogP) is 2.44. The van der Waals surface area contributed by atoms with Gasteiger partial charge in [0.1, 0.15) is 12.4 Å². The SMILES string of the molecule is CC(C)NCc1cc(OCC2CCCCN2C)ccn1. The van der Waals surface area contributed by atoms with Gasteiger partial charge in [0.25, 0.3) is 0 Å². The van der Waals surface area contributed by atoms with Crippen molar-refractivity contribution in [3.63, 3.8) is 0 Å². The molecule has 112 valence electrons. The molecule has 4 heteroatoms. The Hall–Kier alpha value is -1.13. The van der Waals surface area contributed by atoms with Crippen LogP contribution in [0, 0.1) is 0 Å². The third-order valence-corrected chi connectivity index (χ3v) is 3.84. The summed E-state index contributed by atoms with van der Waals surface area (Å²) in [6.45, 7) is 7.03. The van der Waals surface area contributed by atoms with Crippen molar-refractivity contribution in [3.05, 3.63) is 24.0 Å². The Kier molecular flexibility index (Phi) is 5.80. The number of likely N-dealkylation sites (N-methyl/N-ethyl adjacent to an activating group) is 1. The number of piperidine rings is 1. The maximum Gasteiger partial charge on any atom is 0.122 e. The lowest BCUT2D eigenvalue weighted by Gasteiger charge is -2.32. The zero-order chi connectivity index (χ0) is 14.4. The topological polar surface area (TPSA) is 37.4 Å². The number of likely N-dealkylation sites (tertiary alicyclic amines) is 1. The molecule has 0 radical (unpaired) electrons. The van der Waals surface area contributed by atoms with Gasteiger partial charge in [0.05, 0.1) is 5.69 Å². The van der Waals surface area contributed by atoms with Crippen molar-refractivity contribution in [2.24, 2.45) is 0 Å².